The summed E-state index contributed by atoms with van der Waals surface area (Å²) in [5.74, 6) is 0.430. The first-order valence-electron chi connectivity index (χ1n) is 8.47. The van der Waals surface area contributed by atoms with Gasteiger partial charge >= 0.3 is 0 Å². The number of sulfonamides is 1. The van der Waals surface area contributed by atoms with Gasteiger partial charge in [0, 0.05) is 11.3 Å². The molecule has 1 amide bonds. The average Bonchev–Trinajstić information content (AvgIpc) is 2.90. The summed E-state index contributed by atoms with van der Waals surface area (Å²) < 4.78 is 32.0. The van der Waals surface area contributed by atoms with Crippen molar-refractivity contribution in [1.29, 1.82) is 0 Å². The summed E-state index contributed by atoms with van der Waals surface area (Å²) in [6.07, 6.45) is 0. The molecule has 0 spiro atoms. The zero-order chi connectivity index (χ0) is 19.6. The Morgan fingerprint density at radius 3 is 2.41 bits per heavy atom. The fourth-order valence-electron chi connectivity index (χ4n) is 2.77. The molecule has 0 bridgehead atoms. The average molecular weight is 387 g/mol. The summed E-state index contributed by atoms with van der Waals surface area (Å²) in [4.78, 5) is 17.3. The van der Waals surface area contributed by atoms with Crippen LogP contribution in [0.5, 0.6) is 5.75 Å². The van der Waals surface area contributed by atoms with Crippen LogP contribution >= 0.6 is 0 Å². The van der Waals surface area contributed by atoms with Gasteiger partial charge in [0.1, 0.15) is 17.6 Å². The standard InChI is InChI=1S/C19H21N3O4S/c1-12(2)17(19(23)20-13-8-10-14(26-3)11-9-13)21-18-15-6-4-5-7-16(15)27(24,25)22-18/h4-12,17H,1-3H3,(H,20,23)(H,21,22)/t17-/m1/s1. The summed E-state index contributed by atoms with van der Waals surface area (Å²) in [5, 5.41) is 2.81. The third-order valence-electron chi connectivity index (χ3n) is 4.19. The summed E-state index contributed by atoms with van der Waals surface area (Å²) in [5.41, 5.74) is 1.08. The van der Waals surface area contributed by atoms with Gasteiger partial charge in [-0.3, -0.25) is 14.5 Å². The van der Waals surface area contributed by atoms with Gasteiger partial charge in [0.25, 0.3) is 10.0 Å². The lowest BCUT2D eigenvalue weighted by molar-refractivity contribution is -0.118. The largest absolute Gasteiger partial charge is 0.497 e. The van der Waals surface area contributed by atoms with Crippen LogP contribution in [0.1, 0.15) is 19.4 Å². The fourth-order valence-corrected chi connectivity index (χ4v) is 4.01. The van der Waals surface area contributed by atoms with E-state index in [0.29, 0.717) is 17.0 Å². The molecule has 0 unspecified atom stereocenters. The van der Waals surface area contributed by atoms with Gasteiger partial charge in [-0.05, 0) is 42.3 Å². The van der Waals surface area contributed by atoms with Gasteiger partial charge in [-0.1, -0.05) is 26.0 Å². The minimum atomic E-state index is -3.64. The van der Waals surface area contributed by atoms with Crippen LogP contribution in [0.15, 0.2) is 58.4 Å². The fraction of sp³-hybridized carbons (Fsp3) is 0.263. The number of rotatable bonds is 5. The molecule has 1 heterocycles. The number of methoxy groups -OCH3 is 1. The predicted molar refractivity (Wildman–Crippen MR) is 104 cm³/mol. The van der Waals surface area contributed by atoms with E-state index in [4.69, 9.17) is 4.74 Å². The Hall–Kier alpha value is -2.87. The molecular weight excluding hydrogens is 366 g/mol. The van der Waals surface area contributed by atoms with Crippen LogP contribution in [0, 0.1) is 5.92 Å². The number of hydrogen-bond donors (Lipinski definition) is 2. The smallest absolute Gasteiger partial charge is 0.263 e. The van der Waals surface area contributed by atoms with E-state index in [9.17, 15) is 13.2 Å². The van der Waals surface area contributed by atoms with Crippen LogP contribution in [-0.2, 0) is 14.8 Å². The maximum Gasteiger partial charge on any atom is 0.263 e. The number of benzene rings is 2. The number of aliphatic imine (C=N–C) groups is 1. The number of nitrogens with one attached hydrogen (secondary N) is 2. The first-order valence-corrected chi connectivity index (χ1v) is 9.95. The first kappa shape index (κ1) is 18.9. The van der Waals surface area contributed by atoms with Gasteiger partial charge in [0.15, 0.2) is 0 Å². The van der Waals surface area contributed by atoms with Crippen LogP contribution in [0.2, 0.25) is 0 Å². The van der Waals surface area contributed by atoms with Crippen LogP contribution in [-0.4, -0.2) is 33.3 Å². The van der Waals surface area contributed by atoms with Gasteiger partial charge in [0.05, 0.1) is 12.0 Å². The second-order valence-electron chi connectivity index (χ2n) is 6.49. The third-order valence-corrected chi connectivity index (χ3v) is 5.59. The molecule has 0 aromatic heterocycles. The summed E-state index contributed by atoms with van der Waals surface area (Å²) in [7, 11) is -2.08. The number of nitrogens with zero attached hydrogens (tertiary/aromatic N) is 1. The number of carbonyl (C=O) groups excluding carboxylic acids is 1. The lowest BCUT2D eigenvalue weighted by atomic mass is 10.0. The van der Waals surface area contributed by atoms with Crippen molar-refractivity contribution in [2.24, 2.45) is 10.9 Å². The number of anilines is 1. The number of ether oxygens (including phenoxy) is 1. The molecule has 27 heavy (non-hydrogen) atoms. The van der Waals surface area contributed by atoms with E-state index < -0.39 is 16.1 Å². The lowest BCUT2D eigenvalue weighted by Crippen LogP contribution is -2.34. The van der Waals surface area contributed by atoms with Crippen LogP contribution in [0.25, 0.3) is 0 Å². The quantitative estimate of drug-likeness (QED) is 0.823. The minimum Gasteiger partial charge on any atom is -0.497 e. The highest BCUT2D eigenvalue weighted by Crippen LogP contribution is 2.24. The Kier molecular flexibility index (Phi) is 5.18. The molecule has 0 saturated carbocycles. The number of hydrogen-bond acceptors (Lipinski definition) is 5. The monoisotopic (exact) mass is 387 g/mol. The van der Waals surface area contributed by atoms with Crippen molar-refractivity contribution in [3.63, 3.8) is 0 Å². The van der Waals surface area contributed by atoms with E-state index in [1.54, 1.807) is 49.6 Å². The Bertz CT molecular complexity index is 982. The number of amidine groups is 1. The highest BCUT2D eigenvalue weighted by atomic mass is 32.2. The van der Waals surface area contributed by atoms with Crippen molar-refractivity contribution in [2.75, 3.05) is 12.4 Å². The molecule has 2 N–H and O–H groups in total. The van der Waals surface area contributed by atoms with E-state index in [0.717, 1.165) is 0 Å². The second-order valence-corrected chi connectivity index (χ2v) is 8.14. The molecule has 8 heteroatoms. The second kappa shape index (κ2) is 7.40. The van der Waals surface area contributed by atoms with E-state index in [1.165, 1.54) is 6.07 Å². The zero-order valence-electron chi connectivity index (χ0n) is 15.3. The molecule has 0 saturated heterocycles. The Balaban J connectivity index is 1.88. The number of carbonyl (C=O) groups is 1. The van der Waals surface area contributed by atoms with Crippen molar-refractivity contribution in [3.05, 3.63) is 54.1 Å². The highest BCUT2D eigenvalue weighted by Gasteiger charge is 2.32. The minimum absolute atomic E-state index is 0.131. The lowest BCUT2D eigenvalue weighted by Gasteiger charge is -2.17. The number of fused-ring (bicyclic) bond motifs is 1. The summed E-state index contributed by atoms with van der Waals surface area (Å²) >= 11 is 0. The molecule has 0 radical (unpaired) electrons. The van der Waals surface area contributed by atoms with Crippen LogP contribution in [0.3, 0.4) is 0 Å². The molecule has 0 fully saturated rings. The molecule has 1 aliphatic rings. The predicted octanol–water partition coefficient (Wildman–Crippen LogP) is 2.40. The Labute approximate surface area is 158 Å². The summed E-state index contributed by atoms with van der Waals surface area (Å²) in [6, 6.07) is 12.8. The maximum atomic E-state index is 12.7. The van der Waals surface area contributed by atoms with Gasteiger partial charge in [-0.15, -0.1) is 0 Å². The van der Waals surface area contributed by atoms with E-state index >= 15 is 0 Å². The van der Waals surface area contributed by atoms with E-state index in [1.807, 2.05) is 13.8 Å². The Morgan fingerprint density at radius 1 is 1.11 bits per heavy atom. The number of amides is 1. The van der Waals surface area contributed by atoms with Gasteiger partial charge in [-0.25, -0.2) is 8.42 Å². The van der Waals surface area contributed by atoms with Crippen molar-refractivity contribution in [2.45, 2.75) is 24.8 Å². The van der Waals surface area contributed by atoms with Crippen LogP contribution in [0.4, 0.5) is 5.69 Å². The van der Waals surface area contributed by atoms with Gasteiger partial charge < -0.3 is 10.1 Å². The van der Waals surface area contributed by atoms with Crippen LogP contribution < -0.4 is 14.8 Å². The molecule has 0 aliphatic carbocycles. The van der Waals surface area contributed by atoms with Crippen molar-refractivity contribution in [3.8, 4) is 5.75 Å². The SMILES string of the molecule is COc1ccc(NC(=O)[C@H](N=C2NS(=O)(=O)c3ccccc32)C(C)C)cc1. The molecule has 142 valence electrons. The van der Waals surface area contributed by atoms with Gasteiger partial charge in [0.2, 0.25) is 5.91 Å². The first-order chi connectivity index (χ1) is 12.8. The van der Waals surface area contributed by atoms with Crippen molar-refractivity contribution >= 4 is 27.5 Å². The normalized spacial score (nSPS) is 17.3. The molecule has 2 aromatic rings. The molecule has 2 aromatic carbocycles. The molecule has 1 aliphatic heterocycles. The van der Waals surface area contributed by atoms with E-state index in [-0.39, 0.29) is 22.6 Å². The third kappa shape index (κ3) is 3.95. The van der Waals surface area contributed by atoms with Crippen molar-refractivity contribution < 1.29 is 17.9 Å². The summed E-state index contributed by atoms with van der Waals surface area (Å²) in [6.45, 7) is 3.72. The zero-order valence-corrected chi connectivity index (χ0v) is 16.1. The van der Waals surface area contributed by atoms with Gasteiger partial charge in [-0.2, -0.15) is 0 Å². The molecule has 3 rings (SSSR count). The molecule has 7 nitrogen and oxygen atoms in total. The Morgan fingerprint density at radius 2 is 1.78 bits per heavy atom. The van der Waals surface area contributed by atoms with Crippen molar-refractivity contribution in [1.82, 2.24) is 4.72 Å². The topological polar surface area (TPSA) is 96.9 Å². The maximum absolute atomic E-state index is 12.7. The highest BCUT2D eigenvalue weighted by molar-refractivity contribution is 7.90. The molecular formula is C19H21N3O4S. The molecule has 1 atom stereocenters. The van der Waals surface area contributed by atoms with E-state index in [2.05, 4.69) is 15.0 Å².